The molecule has 0 saturated carbocycles. The van der Waals surface area contributed by atoms with Crippen LogP contribution in [0.15, 0.2) is 60.7 Å². The van der Waals surface area contributed by atoms with Gasteiger partial charge in [-0.05, 0) is 22.8 Å². The van der Waals surface area contributed by atoms with Gasteiger partial charge >= 0.3 is 5.97 Å². The zero-order valence-electron chi connectivity index (χ0n) is 12.2. The van der Waals surface area contributed by atoms with Gasteiger partial charge in [0.25, 0.3) is 0 Å². The highest BCUT2D eigenvalue weighted by Crippen LogP contribution is 2.21. The molecular formula is C19H18O3. The van der Waals surface area contributed by atoms with Gasteiger partial charge in [0.2, 0.25) is 0 Å². The van der Waals surface area contributed by atoms with Gasteiger partial charge < -0.3 is 9.84 Å². The first-order valence-corrected chi connectivity index (χ1v) is 7.42. The van der Waals surface area contributed by atoms with Crippen LogP contribution in [0.25, 0.3) is 17.2 Å². The molecule has 2 atom stereocenters. The molecule has 3 heteroatoms. The van der Waals surface area contributed by atoms with Gasteiger partial charge in [-0.25, -0.2) is 0 Å². The number of cyclic esters (lactones) is 1. The molecule has 1 aliphatic heterocycles. The van der Waals surface area contributed by atoms with Gasteiger partial charge in [0.05, 0.1) is 12.5 Å². The number of carbonyl (C=O) groups excluding carboxylic acids is 1. The lowest BCUT2D eigenvalue weighted by atomic mass is 10.0. The van der Waals surface area contributed by atoms with Crippen LogP contribution in [0, 0.1) is 0 Å². The van der Waals surface area contributed by atoms with Crippen molar-refractivity contribution in [3.05, 3.63) is 66.2 Å². The maximum Gasteiger partial charge on any atom is 0.309 e. The third-order valence-corrected chi connectivity index (χ3v) is 3.71. The molecular weight excluding hydrogens is 276 g/mol. The minimum Gasteiger partial charge on any atom is -0.458 e. The number of esters is 1. The molecule has 2 aromatic carbocycles. The van der Waals surface area contributed by atoms with Crippen LogP contribution in [0.4, 0.5) is 0 Å². The molecule has 1 aliphatic rings. The average Bonchev–Trinajstić information content (AvgIpc) is 2.53. The van der Waals surface area contributed by atoms with Crippen molar-refractivity contribution in [3.8, 4) is 11.1 Å². The molecule has 0 spiro atoms. The van der Waals surface area contributed by atoms with Crippen molar-refractivity contribution < 1.29 is 14.6 Å². The van der Waals surface area contributed by atoms with Gasteiger partial charge in [-0.3, -0.25) is 4.79 Å². The van der Waals surface area contributed by atoms with Crippen LogP contribution in [-0.4, -0.2) is 23.3 Å². The zero-order valence-corrected chi connectivity index (χ0v) is 12.2. The Labute approximate surface area is 129 Å². The van der Waals surface area contributed by atoms with Gasteiger partial charge in [0.1, 0.15) is 6.10 Å². The van der Waals surface area contributed by atoms with E-state index < -0.39 is 6.10 Å². The summed E-state index contributed by atoms with van der Waals surface area (Å²) in [6, 6.07) is 18.4. The number of rotatable bonds is 3. The smallest absolute Gasteiger partial charge is 0.309 e. The van der Waals surface area contributed by atoms with E-state index in [1.807, 2.05) is 42.5 Å². The number of hydrogen-bond acceptors (Lipinski definition) is 3. The lowest BCUT2D eigenvalue weighted by Crippen LogP contribution is -2.31. The van der Waals surface area contributed by atoms with Crippen LogP contribution in [0.1, 0.15) is 18.4 Å². The van der Waals surface area contributed by atoms with Crippen molar-refractivity contribution in [3.63, 3.8) is 0 Å². The summed E-state index contributed by atoms with van der Waals surface area (Å²) in [4.78, 5) is 11.3. The monoisotopic (exact) mass is 294 g/mol. The predicted octanol–water partition coefficient (Wildman–Crippen LogP) is 3.43. The Morgan fingerprint density at radius 1 is 1.00 bits per heavy atom. The normalized spacial score (nSPS) is 21.8. The molecule has 0 bridgehead atoms. The summed E-state index contributed by atoms with van der Waals surface area (Å²) in [5.41, 5.74) is 3.38. The van der Waals surface area contributed by atoms with E-state index in [0.29, 0.717) is 6.42 Å². The molecule has 1 saturated heterocycles. The molecule has 1 fully saturated rings. The first kappa shape index (κ1) is 14.5. The number of hydrogen-bond donors (Lipinski definition) is 1. The minimum atomic E-state index is -0.601. The largest absolute Gasteiger partial charge is 0.458 e. The van der Waals surface area contributed by atoms with Crippen LogP contribution in [-0.2, 0) is 9.53 Å². The lowest BCUT2D eigenvalue weighted by molar-refractivity contribution is -0.156. The molecule has 0 aliphatic carbocycles. The molecule has 112 valence electrons. The second kappa shape index (κ2) is 6.58. The Bertz CT molecular complexity index is 659. The lowest BCUT2D eigenvalue weighted by Gasteiger charge is -2.23. The highest BCUT2D eigenvalue weighted by atomic mass is 16.5. The Morgan fingerprint density at radius 2 is 1.68 bits per heavy atom. The number of aliphatic hydroxyl groups excluding tert-OH is 1. The molecule has 2 aromatic rings. The zero-order chi connectivity index (χ0) is 15.4. The molecule has 0 unspecified atom stereocenters. The van der Waals surface area contributed by atoms with E-state index >= 15 is 0 Å². The summed E-state index contributed by atoms with van der Waals surface area (Å²) in [6.07, 6.45) is 3.37. The number of aliphatic hydroxyl groups is 1. The van der Waals surface area contributed by atoms with E-state index in [2.05, 4.69) is 24.3 Å². The van der Waals surface area contributed by atoms with Gasteiger partial charge in [-0.2, -0.15) is 0 Å². The van der Waals surface area contributed by atoms with Gasteiger partial charge in [0, 0.05) is 6.42 Å². The van der Waals surface area contributed by atoms with Crippen molar-refractivity contribution in [1.29, 1.82) is 0 Å². The van der Waals surface area contributed by atoms with Crippen molar-refractivity contribution >= 4 is 12.0 Å². The molecule has 0 radical (unpaired) electrons. The van der Waals surface area contributed by atoms with Crippen LogP contribution >= 0.6 is 0 Å². The number of ether oxygens (including phenoxy) is 1. The quantitative estimate of drug-likeness (QED) is 0.882. The van der Waals surface area contributed by atoms with E-state index in [1.165, 1.54) is 5.56 Å². The first-order chi connectivity index (χ1) is 10.7. The molecule has 22 heavy (non-hydrogen) atoms. The number of carbonyl (C=O) groups is 1. The van der Waals surface area contributed by atoms with E-state index in [-0.39, 0.29) is 18.5 Å². The van der Waals surface area contributed by atoms with Gasteiger partial charge in [-0.15, -0.1) is 0 Å². The van der Waals surface area contributed by atoms with Gasteiger partial charge in [-0.1, -0.05) is 60.7 Å². The predicted molar refractivity (Wildman–Crippen MR) is 86.0 cm³/mol. The summed E-state index contributed by atoms with van der Waals surface area (Å²) in [7, 11) is 0. The SMILES string of the molecule is O=C1C[C@H](O)C[C@@H](/C=C/c2ccc(-c3ccccc3)cc2)O1. The highest BCUT2D eigenvalue weighted by Gasteiger charge is 2.25. The van der Waals surface area contributed by atoms with Crippen molar-refractivity contribution in [2.75, 3.05) is 0 Å². The van der Waals surface area contributed by atoms with Crippen LogP contribution < -0.4 is 0 Å². The van der Waals surface area contributed by atoms with Crippen molar-refractivity contribution in [2.24, 2.45) is 0 Å². The molecule has 1 heterocycles. The topological polar surface area (TPSA) is 46.5 Å². The summed E-state index contributed by atoms with van der Waals surface area (Å²) in [5, 5.41) is 9.57. The van der Waals surface area contributed by atoms with Crippen LogP contribution in [0.5, 0.6) is 0 Å². The minimum absolute atomic E-state index is 0.0934. The average molecular weight is 294 g/mol. The van der Waals surface area contributed by atoms with E-state index in [0.717, 1.165) is 11.1 Å². The van der Waals surface area contributed by atoms with E-state index in [9.17, 15) is 9.90 Å². The van der Waals surface area contributed by atoms with Crippen LogP contribution in [0.2, 0.25) is 0 Å². The second-order valence-electron chi connectivity index (χ2n) is 5.47. The maximum absolute atomic E-state index is 11.3. The molecule has 3 nitrogen and oxygen atoms in total. The fourth-order valence-corrected chi connectivity index (χ4v) is 2.56. The highest BCUT2D eigenvalue weighted by molar-refractivity contribution is 5.71. The third kappa shape index (κ3) is 3.62. The Kier molecular flexibility index (Phi) is 4.35. The fourth-order valence-electron chi connectivity index (χ4n) is 2.56. The summed E-state index contributed by atoms with van der Waals surface area (Å²) < 4.78 is 5.19. The summed E-state index contributed by atoms with van der Waals surface area (Å²) in [6.45, 7) is 0. The standard InChI is InChI=1S/C19H18O3/c20-17-12-18(22-19(21)13-17)11-8-14-6-9-16(10-7-14)15-4-2-1-3-5-15/h1-11,17-18,20H,12-13H2/b11-8+/t17-,18-/m1/s1. The summed E-state index contributed by atoms with van der Waals surface area (Å²) in [5.74, 6) is -0.340. The Balaban J connectivity index is 1.68. The molecule has 3 rings (SSSR count). The second-order valence-corrected chi connectivity index (χ2v) is 5.47. The third-order valence-electron chi connectivity index (χ3n) is 3.71. The molecule has 1 N–H and O–H groups in total. The van der Waals surface area contributed by atoms with Crippen molar-refractivity contribution in [2.45, 2.75) is 25.0 Å². The number of benzene rings is 2. The van der Waals surface area contributed by atoms with Gasteiger partial charge in [0.15, 0.2) is 0 Å². The molecule has 0 amide bonds. The molecule has 0 aromatic heterocycles. The summed E-state index contributed by atoms with van der Waals surface area (Å²) >= 11 is 0. The Hall–Kier alpha value is -2.39. The van der Waals surface area contributed by atoms with E-state index in [1.54, 1.807) is 0 Å². The van der Waals surface area contributed by atoms with Crippen LogP contribution in [0.3, 0.4) is 0 Å². The van der Waals surface area contributed by atoms with E-state index in [4.69, 9.17) is 4.74 Å². The Morgan fingerprint density at radius 3 is 2.36 bits per heavy atom. The fraction of sp³-hybridized carbons (Fsp3) is 0.211. The van der Waals surface area contributed by atoms with Crippen molar-refractivity contribution in [1.82, 2.24) is 0 Å². The first-order valence-electron chi connectivity index (χ1n) is 7.42. The maximum atomic E-state index is 11.3.